The van der Waals surface area contributed by atoms with Crippen LogP contribution in [0.2, 0.25) is 0 Å². The molecule has 0 unspecified atom stereocenters. The molecular weight excluding hydrogens is 352 g/mol. The lowest BCUT2D eigenvalue weighted by Crippen LogP contribution is -2.31. The Hall–Kier alpha value is -3.15. The Kier molecular flexibility index (Phi) is 6.09. The second-order valence-corrected chi connectivity index (χ2v) is 7.19. The van der Waals surface area contributed by atoms with Gasteiger partial charge in [-0.2, -0.15) is 5.10 Å². The average Bonchev–Trinajstić information content (AvgIpc) is 3.22. The first-order chi connectivity index (χ1) is 13.4. The van der Waals surface area contributed by atoms with Crippen molar-refractivity contribution in [3.8, 4) is 11.4 Å². The molecule has 6 nitrogen and oxygen atoms in total. The standard InChI is InChI=1S/C22H26N4O2/c1-15(2)19-6-5-16(3)21(11-19)28-12-22(27)25-17(4)18-7-9-20(10-8-18)26-14-23-13-24-26/h5-11,13-15,17H,12H2,1-4H3,(H,25,27)/t17-/m1/s1. The van der Waals surface area contributed by atoms with Crippen LogP contribution in [0, 0.1) is 6.92 Å². The van der Waals surface area contributed by atoms with E-state index in [4.69, 9.17) is 4.74 Å². The van der Waals surface area contributed by atoms with Gasteiger partial charge < -0.3 is 10.1 Å². The van der Waals surface area contributed by atoms with Gasteiger partial charge in [-0.3, -0.25) is 4.79 Å². The molecule has 1 amide bonds. The van der Waals surface area contributed by atoms with Gasteiger partial charge in [0.1, 0.15) is 18.4 Å². The third kappa shape index (κ3) is 4.76. The number of hydrogen-bond donors (Lipinski definition) is 1. The number of amides is 1. The fraction of sp³-hybridized carbons (Fsp3) is 0.318. The van der Waals surface area contributed by atoms with Gasteiger partial charge in [0.25, 0.3) is 5.91 Å². The average molecular weight is 378 g/mol. The summed E-state index contributed by atoms with van der Waals surface area (Å²) in [4.78, 5) is 16.3. The van der Waals surface area contributed by atoms with Gasteiger partial charge in [0.05, 0.1) is 11.7 Å². The highest BCUT2D eigenvalue weighted by molar-refractivity contribution is 5.78. The van der Waals surface area contributed by atoms with Gasteiger partial charge >= 0.3 is 0 Å². The van der Waals surface area contributed by atoms with Gasteiger partial charge in [-0.1, -0.05) is 38.1 Å². The first kappa shape index (κ1) is 19.6. The minimum atomic E-state index is -0.151. The quantitative estimate of drug-likeness (QED) is 0.676. The Morgan fingerprint density at radius 2 is 1.82 bits per heavy atom. The zero-order chi connectivity index (χ0) is 20.1. The van der Waals surface area contributed by atoms with Crippen molar-refractivity contribution < 1.29 is 9.53 Å². The summed E-state index contributed by atoms with van der Waals surface area (Å²) in [5.74, 6) is 1.02. The molecule has 0 fully saturated rings. The molecule has 0 saturated heterocycles. The number of aryl methyl sites for hydroxylation is 1. The van der Waals surface area contributed by atoms with Crippen molar-refractivity contribution in [1.82, 2.24) is 20.1 Å². The maximum absolute atomic E-state index is 12.3. The monoisotopic (exact) mass is 378 g/mol. The van der Waals surface area contributed by atoms with Gasteiger partial charge in [-0.15, -0.1) is 0 Å². The van der Waals surface area contributed by atoms with Crippen LogP contribution in [-0.2, 0) is 4.79 Å². The molecule has 0 saturated carbocycles. The minimum Gasteiger partial charge on any atom is -0.483 e. The lowest BCUT2D eigenvalue weighted by molar-refractivity contribution is -0.123. The molecule has 3 rings (SSSR count). The SMILES string of the molecule is Cc1ccc(C(C)C)cc1OCC(=O)N[C@H](C)c1ccc(-n2cncn2)cc1. The maximum atomic E-state index is 12.3. The van der Waals surface area contributed by atoms with Crippen molar-refractivity contribution >= 4 is 5.91 Å². The summed E-state index contributed by atoms with van der Waals surface area (Å²) >= 11 is 0. The number of nitrogens with one attached hydrogen (secondary N) is 1. The molecule has 2 aromatic carbocycles. The number of benzene rings is 2. The van der Waals surface area contributed by atoms with Crippen molar-refractivity contribution in [1.29, 1.82) is 0 Å². The molecule has 146 valence electrons. The number of carbonyl (C=O) groups is 1. The summed E-state index contributed by atoms with van der Waals surface area (Å²) in [5, 5.41) is 7.08. The number of rotatable bonds is 7. The summed E-state index contributed by atoms with van der Waals surface area (Å²) in [6, 6.07) is 13.9. The number of aromatic nitrogens is 3. The van der Waals surface area contributed by atoms with E-state index in [0.29, 0.717) is 5.92 Å². The van der Waals surface area contributed by atoms with E-state index < -0.39 is 0 Å². The van der Waals surface area contributed by atoms with E-state index in [-0.39, 0.29) is 18.6 Å². The van der Waals surface area contributed by atoms with Gasteiger partial charge in [0.15, 0.2) is 6.61 Å². The third-order valence-electron chi connectivity index (χ3n) is 4.69. The molecular formula is C22H26N4O2. The van der Waals surface area contributed by atoms with Crippen LogP contribution in [0.4, 0.5) is 0 Å². The number of carbonyl (C=O) groups excluding carboxylic acids is 1. The van der Waals surface area contributed by atoms with Crippen molar-refractivity contribution in [2.24, 2.45) is 0 Å². The van der Waals surface area contributed by atoms with E-state index in [1.165, 1.54) is 11.9 Å². The lowest BCUT2D eigenvalue weighted by atomic mass is 10.0. The Balaban J connectivity index is 1.57. The molecule has 0 spiro atoms. The van der Waals surface area contributed by atoms with Crippen LogP contribution in [0.5, 0.6) is 5.75 Å². The Morgan fingerprint density at radius 3 is 2.46 bits per heavy atom. The fourth-order valence-corrected chi connectivity index (χ4v) is 2.90. The fourth-order valence-electron chi connectivity index (χ4n) is 2.90. The first-order valence-electron chi connectivity index (χ1n) is 9.41. The highest BCUT2D eigenvalue weighted by Crippen LogP contribution is 2.24. The molecule has 0 bridgehead atoms. The molecule has 1 aromatic heterocycles. The van der Waals surface area contributed by atoms with Crippen LogP contribution in [-0.4, -0.2) is 27.3 Å². The first-order valence-corrected chi connectivity index (χ1v) is 9.41. The van der Waals surface area contributed by atoms with Crippen molar-refractivity contribution in [2.45, 2.75) is 39.7 Å². The number of ether oxygens (including phenoxy) is 1. The van der Waals surface area contributed by atoms with E-state index in [1.807, 2.05) is 50.2 Å². The van der Waals surface area contributed by atoms with E-state index in [9.17, 15) is 4.79 Å². The summed E-state index contributed by atoms with van der Waals surface area (Å²) in [6.45, 7) is 8.20. The molecule has 0 aliphatic heterocycles. The molecule has 1 heterocycles. The maximum Gasteiger partial charge on any atom is 0.258 e. The smallest absolute Gasteiger partial charge is 0.258 e. The molecule has 0 aliphatic carbocycles. The van der Waals surface area contributed by atoms with E-state index >= 15 is 0 Å². The molecule has 0 radical (unpaired) electrons. The van der Waals surface area contributed by atoms with E-state index in [0.717, 1.165) is 22.6 Å². The summed E-state index contributed by atoms with van der Waals surface area (Å²) < 4.78 is 7.45. The van der Waals surface area contributed by atoms with Crippen molar-refractivity contribution in [2.75, 3.05) is 6.61 Å². The van der Waals surface area contributed by atoms with Crippen LogP contribution in [0.25, 0.3) is 5.69 Å². The molecule has 3 aromatic rings. The zero-order valence-electron chi connectivity index (χ0n) is 16.7. The Bertz CT molecular complexity index is 918. The van der Waals surface area contributed by atoms with Gasteiger partial charge in [0.2, 0.25) is 0 Å². The van der Waals surface area contributed by atoms with Crippen LogP contribution in [0.15, 0.2) is 55.1 Å². The topological polar surface area (TPSA) is 69.0 Å². The second-order valence-electron chi connectivity index (χ2n) is 7.19. The van der Waals surface area contributed by atoms with Gasteiger partial charge in [-0.05, 0) is 54.7 Å². The Morgan fingerprint density at radius 1 is 1.11 bits per heavy atom. The van der Waals surface area contributed by atoms with E-state index in [2.05, 4.69) is 35.3 Å². The predicted octanol–water partition coefficient (Wildman–Crippen LogP) is 3.96. The zero-order valence-corrected chi connectivity index (χ0v) is 16.7. The number of hydrogen-bond acceptors (Lipinski definition) is 4. The lowest BCUT2D eigenvalue weighted by Gasteiger charge is -2.16. The summed E-state index contributed by atoms with van der Waals surface area (Å²) in [6.07, 6.45) is 3.14. The van der Waals surface area contributed by atoms with Crippen molar-refractivity contribution in [3.63, 3.8) is 0 Å². The van der Waals surface area contributed by atoms with Crippen LogP contribution in [0.1, 0.15) is 49.4 Å². The number of nitrogens with zero attached hydrogens (tertiary/aromatic N) is 3. The molecule has 0 aliphatic rings. The minimum absolute atomic E-state index is 0.0102. The van der Waals surface area contributed by atoms with Gasteiger partial charge in [0, 0.05) is 0 Å². The van der Waals surface area contributed by atoms with Crippen molar-refractivity contribution in [3.05, 3.63) is 71.8 Å². The molecule has 1 N–H and O–H groups in total. The molecule has 28 heavy (non-hydrogen) atoms. The summed E-state index contributed by atoms with van der Waals surface area (Å²) in [5.41, 5.74) is 4.15. The highest BCUT2D eigenvalue weighted by Gasteiger charge is 2.12. The van der Waals surface area contributed by atoms with E-state index in [1.54, 1.807) is 11.0 Å². The predicted molar refractivity (Wildman–Crippen MR) is 109 cm³/mol. The summed E-state index contributed by atoms with van der Waals surface area (Å²) in [7, 11) is 0. The third-order valence-corrected chi connectivity index (χ3v) is 4.69. The largest absolute Gasteiger partial charge is 0.483 e. The second kappa shape index (κ2) is 8.69. The van der Waals surface area contributed by atoms with Crippen LogP contribution in [0.3, 0.4) is 0 Å². The van der Waals surface area contributed by atoms with Crippen LogP contribution >= 0.6 is 0 Å². The Labute approximate surface area is 165 Å². The highest BCUT2D eigenvalue weighted by atomic mass is 16.5. The van der Waals surface area contributed by atoms with Gasteiger partial charge in [-0.25, -0.2) is 9.67 Å². The molecule has 6 heteroatoms. The normalized spacial score (nSPS) is 12.0. The van der Waals surface area contributed by atoms with Crippen LogP contribution < -0.4 is 10.1 Å². The molecule has 1 atom stereocenters.